The molecule has 0 aliphatic carbocycles. The van der Waals surface area contributed by atoms with Gasteiger partial charge in [-0.3, -0.25) is 18.7 Å². The van der Waals surface area contributed by atoms with Gasteiger partial charge in [-0.15, -0.1) is 0 Å². The van der Waals surface area contributed by atoms with Crippen LogP contribution in [0.15, 0.2) is 69.1 Å². The molecule has 1 aliphatic rings. The summed E-state index contributed by atoms with van der Waals surface area (Å²) in [4.78, 5) is 40.3. The molecule has 196 valence electrons. The molecule has 0 bridgehead atoms. The second kappa shape index (κ2) is 11.0. The molecular weight excluding hydrogens is 518 g/mol. The van der Waals surface area contributed by atoms with Gasteiger partial charge in [-0.05, 0) is 36.8 Å². The average Bonchev–Trinajstić information content (AvgIpc) is 2.88. The van der Waals surface area contributed by atoms with Crippen molar-refractivity contribution in [1.82, 2.24) is 13.4 Å². The largest absolute Gasteiger partial charge is 0.384 e. The Kier molecular flexibility index (Phi) is 7.98. The fraction of sp³-hybridized carbons (Fsp3) is 0.320. The Labute approximate surface area is 219 Å². The first-order valence-corrected chi connectivity index (χ1v) is 13.7. The summed E-state index contributed by atoms with van der Waals surface area (Å²) in [5.41, 5.74) is 5.56. The number of piperazine rings is 1. The number of halogens is 1. The third-order valence-electron chi connectivity index (χ3n) is 6.54. The Morgan fingerprint density at radius 2 is 1.62 bits per heavy atom. The number of hydrogen-bond acceptors (Lipinski definition) is 6. The molecule has 4 rings (SSSR count). The van der Waals surface area contributed by atoms with Gasteiger partial charge in [0.1, 0.15) is 17.9 Å². The molecule has 12 heteroatoms. The number of nitrogens with zero attached hydrogens (tertiary/aromatic N) is 3. The number of benzene rings is 2. The summed E-state index contributed by atoms with van der Waals surface area (Å²) in [7, 11) is -3.68. The van der Waals surface area contributed by atoms with Crippen LogP contribution in [0.1, 0.15) is 22.8 Å². The van der Waals surface area contributed by atoms with Crippen molar-refractivity contribution in [3.05, 3.63) is 91.6 Å². The predicted molar refractivity (Wildman–Crippen MR) is 141 cm³/mol. The summed E-state index contributed by atoms with van der Waals surface area (Å²) in [6.45, 7) is 3.04. The SMILES string of the molecule is CCn1c(=O)c(C(=O)C[NH+]2CCN(S(=O)(=O)c3ccc(Cl)cc3)CC2)c(N)n(Cc2ccccc2)c1=O. The van der Waals surface area contributed by atoms with Crippen LogP contribution in [0.25, 0.3) is 0 Å². The molecule has 1 fully saturated rings. The van der Waals surface area contributed by atoms with Crippen LogP contribution in [0.4, 0.5) is 5.82 Å². The number of aromatic nitrogens is 2. The summed E-state index contributed by atoms with van der Waals surface area (Å²) in [5, 5.41) is 0.447. The Morgan fingerprint density at radius 3 is 2.22 bits per heavy atom. The lowest BCUT2D eigenvalue weighted by atomic mass is 10.1. The Morgan fingerprint density at radius 1 is 1.00 bits per heavy atom. The van der Waals surface area contributed by atoms with Crippen LogP contribution in [0.2, 0.25) is 5.02 Å². The van der Waals surface area contributed by atoms with E-state index in [9.17, 15) is 22.8 Å². The molecule has 10 nitrogen and oxygen atoms in total. The molecule has 0 atom stereocenters. The first kappa shape index (κ1) is 26.8. The first-order valence-electron chi connectivity index (χ1n) is 11.9. The third kappa shape index (κ3) is 5.54. The maximum Gasteiger partial charge on any atom is 0.332 e. The van der Waals surface area contributed by atoms with E-state index in [0.717, 1.165) is 15.0 Å². The van der Waals surface area contributed by atoms with Crippen molar-refractivity contribution < 1.29 is 18.1 Å². The van der Waals surface area contributed by atoms with E-state index in [0.29, 0.717) is 18.1 Å². The number of ketones is 1. The molecule has 0 saturated carbocycles. The average molecular weight is 547 g/mol. The van der Waals surface area contributed by atoms with Gasteiger partial charge in [-0.2, -0.15) is 4.31 Å². The van der Waals surface area contributed by atoms with Crippen molar-refractivity contribution in [2.45, 2.75) is 24.9 Å². The Balaban J connectivity index is 1.52. The highest BCUT2D eigenvalue weighted by molar-refractivity contribution is 7.89. The smallest absolute Gasteiger partial charge is 0.332 e. The maximum absolute atomic E-state index is 13.3. The number of rotatable bonds is 8. The lowest BCUT2D eigenvalue weighted by molar-refractivity contribution is -0.895. The van der Waals surface area contributed by atoms with E-state index < -0.39 is 27.1 Å². The van der Waals surface area contributed by atoms with E-state index in [-0.39, 0.29) is 49.0 Å². The maximum atomic E-state index is 13.3. The van der Waals surface area contributed by atoms with Crippen molar-refractivity contribution in [1.29, 1.82) is 0 Å². The van der Waals surface area contributed by atoms with Crippen LogP contribution >= 0.6 is 11.6 Å². The van der Waals surface area contributed by atoms with Gasteiger partial charge in [-0.25, -0.2) is 13.2 Å². The predicted octanol–water partition coefficient (Wildman–Crippen LogP) is 0.0859. The van der Waals surface area contributed by atoms with Gasteiger partial charge in [0.25, 0.3) is 5.56 Å². The normalized spacial score (nSPS) is 15.1. The molecule has 37 heavy (non-hydrogen) atoms. The van der Waals surface area contributed by atoms with Crippen molar-refractivity contribution in [2.24, 2.45) is 0 Å². The summed E-state index contributed by atoms with van der Waals surface area (Å²) in [6.07, 6.45) is 0. The van der Waals surface area contributed by atoms with Crippen molar-refractivity contribution in [2.75, 3.05) is 38.5 Å². The summed E-state index contributed by atoms with van der Waals surface area (Å²) < 4.78 is 29.5. The van der Waals surface area contributed by atoms with Crippen molar-refractivity contribution in [3.63, 3.8) is 0 Å². The quantitative estimate of drug-likeness (QED) is 0.385. The van der Waals surface area contributed by atoms with E-state index in [1.54, 1.807) is 6.92 Å². The second-order valence-electron chi connectivity index (χ2n) is 8.87. The standard InChI is InChI=1S/C25H28ClN5O5S/c1-2-30-24(33)22(23(27)31(25(30)34)16-18-6-4-3-5-7-18)21(32)17-28-12-14-29(15-13-28)37(35,36)20-10-8-19(26)9-11-20/h3-11H,2,12-17,27H2,1H3/p+1. The number of nitrogen functional groups attached to an aromatic ring is 1. The third-order valence-corrected chi connectivity index (χ3v) is 8.70. The van der Waals surface area contributed by atoms with Crippen LogP contribution in [0, 0.1) is 0 Å². The highest BCUT2D eigenvalue weighted by atomic mass is 35.5. The van der Waals surface area contributed by atoms with Gasteiger partial charge >= 0.3 is 5.69 Å². The van der Waals surface area contributed by atoms with Crippen LogP contribution < -0.4 is 21.9 Å². The van der Waals surface area contributed by atoms with Gasteiger partial charge in [0.15, 0.2) is 0 Å². The second-order valence-corrected chi connectivity index (χ2v) is 11.2. The zero-order chi connectivity index (χ0) is 26.7. The van der Waals surface area contributed by atoms with Crippen LogP contribution in [0.3, 0.4) is 0 Å². The Hall–Kier alpha value is -3.25. The van der Waals surface area contributed by atoms with E-state index in [4.69, 9.17) is 17.3 Å². The topological polar surface area (TPSA) is 129 Å². The number of carbonyl (C=O) groups excluding carboxylic acids is 1. The van der Waals surface area contributed by atoms with Crippen LogP contribution in [-0.2, 0) is 23.1 Å². The zero-order valence-electron chi connectivity index (χ0n) is 20.4. The van der Waals surface area contributed by atoms with Gasteiger partial charge in [0.2, 0.25) is 15.8 Å². The lowest BCUT2D eigenvalue weighted by Crippen LogP contribution is -3.15. The summed E-state index contributed by atoms with van der Waals surface area (Å²) in [5.74, 6) is -0.632. The Bertz CT molecular complexity index is 1510. The minimum atomic E-state index is -3.68. The van der Waals surface area contributed by atoms with Crippen molar-refractivity contribution >= 4 is 33.2 Å². The number of nitrogens with one attached hydrogen (secondary N) is 1. The highest BCUT2D eigenvalue weighted by Crippen LogP contribution is 2.18. The molecule has 2 aromatic carbocycles. The van der Waals surface area contributed by atoms with E-state index in [2.05, 4.69) is 0 Å². The monoisotopic (exact) mass is 546 g/mol. The fourth-order valence-corrected chi connectivity index (χ4v) is 6.03. The molecule has 2 heterocycles. The number of hydrogen-bond donors (Lipinski definition) is 2. The molecule has 1 saturated heterocycles. The number of quaternary nitrogens is 1. The van der Waals surface area contributed by atoms with Crippen molar-refractivity contribution in [3.8, 4) is 0 Å². The molecule has 1 aromatic heterocycles. The lowest BCUT2D eigenvalue weighted by Gasteiger charge is -2.31. The molecule has 3 aromatic rings. The summed E-state index contributed by atoms with van der Waals surface area (Å²) >= 11 is 5.87. The minimum Gasteiger partial charge on any atom is -0.384 e. The summed E-state index contributed by atoms with van der Waals surface area (Å²) in [6, 6.07) is 15.1. The van der Waals surface area contributed by atoms with Gasteiger partial charge < -0.3 is 10.6 Å². The van der Waals surface area contributed by atoms with Gasteiger partial charge in [0, 0.05) is 11.6 Å². The fourth-order valence-electron chi connectivity index (χ4n) is 4.47. The van der Waals surface area contributed by atoms with Crippen LogP contribution in [0.5, 0.6) is 0 Å². The number of sulfonamides is 1. The molecule has 0 amide bonds. The van der Waals surface area contributed by atoms with E-state index in [1.165, 1.54) is 33.1 Å². The minimum absolute atomic E-state index is 0.0402. The molecule has 0 radical (unpaired) electrons. The van der Waals surface area contributed by atoms with Gasteiger partial charge in [-0.1, -0.05) is 41.9 Å². The highest BCUT2D eigenvalue weighted by Gasteiger charge is 2.32. The van der Waals surface area contributed by atoms with Gasteiger partial charge in [0.05, 0.1) is 37.6 Å². The molecule has 1 aliphatic heterocycles. The van der Waals surface area contributed by atoms with E-state index >= 15 is 0 Å². The number of anilines is 1. The number of nitrogens with two attached hydrogens (primary N) is 1. The number of carbonyl (C=O) groups is 1. The molecule has 3 N–H and O–H groups in total. The molecule has 0 spiro atoms. The zero-order valence-corrected chi connectivity index (χ0v) is 22.0. The number of Topliss-reactive ketones (excluding diaryl/α,β-unsaturated/α-hetero) is 1. The van der Waals surface area contributed by atoms with Crippen LogP contribution in [-0.4, -0.2) is 60.4 Å². The first-order chi connectivity index (χ1) is 17.6. The molecule has 0 unspecified atom stereocenters. The van der Waals surface area contributed by atoms with E-state index in [1.807, 2.05) is 30.3 Å². The molecular formula is C25H29ClN5O5S+.